The largest absolute Gasteiger partial charge is 0.382 e. The van der Waals surface area contributed by atoms with Crippen LogP contribution in [0, 0.1) is 6.26 Å². The molecule has 0 saturated carbocycles. The van der Waals surface area contributed by atoms with Crippen LogP contribution in [0.15, 0.2) is 0 Å². The fraction of sp³-hybridized carbons (Fsp3) is 0.875. The van der Waals surface area contributed by atoms with Gasteiger partial charge in [-0.25, -0.2) is 0 Å². The highest BCUT2D eigenvalue weighted by Gasteiger charge is 1.88. The van der Waals surface area contributed by atoms with E-state index in [4.69, 9.17) is 20.5 Å². The van der Waals surface area contributed by atoms with Gasteiger partial charge in [0, 0.05) is 19.1 Å². The number of ether oxygens (including phenoxy) is 3. The molecule has 3 nitrogen and oxygen atoms in total. The molecular weight excluding hydrogens is 176 g/mol. The summed E-state index contributed by atoms with van der Waals surface area (Å²) in [5, 5.41) is 0. The molecule has 0 heterocycles. The van der Waals surface area contributed by atoms with E-state index in [-0.39, 0.29) is 0 Å². The summed E-state index contributed by atoms with van der Waals surface area (Å²) in [4.78, 5) is 0. The Kier molecular flexibility index (Phi) is 11.4. The molecule has 0 N–H and O–H groups in total. The summed E-state index contributed by atoms with van der Waals surface area (Å²) >= 11 is 1.29. The van der Waals surface area contributed by atoms with Gasteiger partial charge in [-0.2, -0.15) is 11.8 Å². The Morgan fingerprint density at radius 3 is 2.17 bits per heavy atom. The fourth-order valence-corrected chi connectivity index (χ4v) is 0.785. The average Bonchev–Trinajstić information content (AvgIpc) is 2.10. The third-order valence-corrected chi connectivity index (χ3v) is 1.55. The molecule has 12 heavy (non-hydrogen) atoms. The van der Waals surface area contributed by atoms with Crippen LogP contribution in [0.3, 0.4) is 0 Å². The number of hydrogen-bond acceptors (Lipinski definition) is 4. The Bertz CT molecular complexity index is 70.7. The number of rotatable bonds is 9. The molecule has 0 aliphatic heterocycles. The predicted octanol–water partition coefficient (Wildman–Crippen LogP) is 1.07. The molecule has 0 rings (SSSR count). The second-order valence-electron chi connectivity index (χ2n) is 2.09. The van der Waals surface area contributed by atoms with Gasteiger partial charge in [-0.1, -0.05) is 0 Å². The third-order valence-electron chi connectivity index (χ3n) is 1.15. The molecule has 0 atom stereocenters. The zero-order valence-electron chi connectivity index (χ0n) is 7.45. The van der Waals surface area contributed by atoms with Gasteiger partial charge in [-0.05, 0) is 0 Å². The Morgan fingerprint density at radius 2 is 1.58 bits per heavy atom. The van der Waals surface area contributed by atoms with Crippen LogP contribution >= 0.6 is 11.8 Å². The minimum absolute atomic E-state index is 0.624. The lowest BCUT2D eigenvalue weighted by atomic mass is 10.7. The van der Waals surface area contributed by atoms with Crippen molar-refractivity contribution in [2.75, 3.05) is 45.9 Å². The van der Waals surface area contributed by atoms with Crippen molar-refractivity contribution >= 4 is 11.8 Å². The first kappa shape index (κ1) is 12.2. The summed E-state index contributed by atoms with van der Waals surface area (Å²) in [6.45, 7) is 3.21. The highest BCUT2D eigenvalue weighted by molar-refractivity contribution is 8.00. The lowest BCUT2D eigenvalue weighted by Gasteiger charge is -2.04. The Hall–Kier alpha value is 0.230. The van der Waals surface area contributed by atoms with E-state index in [0.717, 1.165) is 5.75 Å². The normalized spacial score (nSPS) is 10.5. The molecule has 4 heteroatoms. The molecule has 0 aliphatic carbocycles. The van der Waals surface area contributed by atoms with Crippen molar-refractivity contribution in [3.8, 4) is 0 Å². The molecule has 0 saturated heterocycles. The van der Waals surface area contributed by atoms with Crippen LogP contribution in [-0.2, 0) is 14.2 Å². The van der Waals surface area contributed by atoms with E-state index in [1.165, 1.54) is 11.8 Å². The van der Waals surface area contributed by atoms with Crippen molar-refractivity contribution in [2.45, 2.75) is 0 Å². The van der Waals surface area contributed by atoms with E-state index in [1.807, 2.05) is 0 Å². The van der Waals surface area contributed by atoms with E-state index < -0.39 is 0 Å². The highest BCUT2D eigenvalue weighted by atomic mass is 32.2. The lowest BCUT2D eigenvalue weighted by Crippen LogP contribution is -2.09. The van der Waals surface area contributed by atoms with Gasteiger partial charge in [0.15, 0.2) is 0 Å². The highest BCUT2D eigenvalue weighted by Crippen LogP contribution is 1.92. The second-order valence-corrected chi connectivity index (χ2v) is 2.83. The smallest absolute Gasteiger partial charge is 0.0701 e. The number of methoxy groups -OCH3 is 1. The van der Waals surface area contributed by atoms with Crippen molar-refractivity contribution < 1.29 is 14.2 Å². The first-order chi connectivity index (χ1) is 5.91. The van der Waals surface area contributed by atoms with Crippen LogP contribution in [0.5, 0.6) is 0 Å². The molecule has 0 spiro atoms. The summed E-state index contributed by atoms with van der Waals surface area (Å²) in [6, 6.07) is 0. The van der Waals surface area contributed by atoms with Crippen molar-refractivity contribution in [1.82, 2.24) is 0 Å². The van der Waals surface area contributed by atoms with Crippen LogP contribution in [0.25, 0.3) is 0 Å². The minimum Gasteiger partial charge on any atom is -0.382 e. The SMILES string of the molecule is [CH]SCCOCCOCCOC. The maximum Gasteiger partial charge on any atom is 0.0701 e. The van der Waals surface area contributed by atoms with Crippen molar-refractivity contribution in [2.24, 2.45) is 0 Å². The van der Waals surface area contributed by atoms with Crippen molar-refractivity contribution in [1.29, 1.82) is 0 Å². The first-order valence-corrected chi connectivity index (χ1v) is 4.92. The van der Waals surface area contributed by atoms with Gasteiger partial charge >= 0.3 is 0 Å². The van der Waals surface area contributed by atoms with Gasteiger partial charge < -0.3 is 14.2 Å². The van der Waals surface area contributed by atoms with E-state index in [1.54, 1.807) is 7.11 Å². The van der Waals surface area contributed by atoms with Gasteiger partial charge in [0.05, 0.1) is 33.0 Å². The molecular formula is C8H16O3S. The molecule has 72 valence electrons. The quantitative estimate of drug-likeness (QED) is 0.511. The topological polar surface area (TPSA) is 27.7 Å². The third kappa shape index (κ3) is 10.2. The molecule has 2 radical (unpaired) electrons. The summed E-state index contributed by atoms with van der Waals surface area (Å²) in [5.41, 5.74) is 0. The van der Waals surface area contributed by atoms with E-state index in [0.29, 0.717) is 33.0 Å². The van der Waals surface area contributed by atoms with Crippen LogP contribution in [0.4, 0.5) is 0 Å². The second kappa shape index (κ2) is 11.2. The van der Waals surface area contributed by atoms with Crippen LogP contribution in [0.1, 0.15) is 0 Å². The maximum atomic E-state index is 5.20. The summed E-state index contributed by atoms with van der Waals surface area (Å²) in [7, 11) is 1.65. The summed E-state index contributed by atoms with van der Waals surface area (Å²) in [5.74, 6) is 0.831. The Labute approximate surface area is 78.8 Å². The van der Waals surface area contributed by atoms with Gasteiger partial charge in [0.1, 0.15) is 0 Å². The predicted molar refractivity (Wildman–Crippen MR) is 50.3 cm³/mol. The monoisotopic (exact) mass is 192 g/mol. The fourth-order valence-electron chi connectivity index (χ4n) is 0.571. The molecule has 0 fully saturated rings. The Morgan fingerprint density at radius 1 is 1.00 bits per heavy atom. The van der Waals surface area contributed by atoms with E-state index in [9.17, 15) is 0 Å². The number of hydrogen-bond donors (Lipinski definition) is 0. The molecule has 0 aliphatic rings. The zero-order valence-corrected chi connectivity index (χ0v) is 8.27. The standard InChI is InChI=1S/C8H16O3S/c1-9-3-4-10-5-6-11-7-8-12-2/h2H,3-8H2,1H3. The minimum atomic E-state index is 0.624. The maximum absolute atomic E-state index is 5.20. The number of thioether (sulfide) groups is 1. The Balaban J connectivity index is 2.73. The van der Waals surface area contributed by atoms with Crippen LogP contribution < -0.4 is 0 Å². The lowest BCUT2D eigenvalue weighted by molar-refractivity contribution is 0.0286. The molecule has 0 amide bonds. The molecule has 0 aromatic heterocycles. The summed E-state index contributed by atoms with van der Waals surface area (Å²) in [6.07, 6.45) is 5.20. The molecule has 0 bridgehead atoms. The van der Waals surface area contributed by atoms with E-state index in [2.05, 4.69) is 0 Å². The van der Waals surface area contributed by atoms with Crippen molar-refractivity contribution in [3.05, 3.63) is 6.26 Å². The van der Waals surface area contributed by atoms with E-state index >= 15 is 0 Å². The average molecular weight is 192 g/mol. The van der Waals surface area contributed by atoms with Gasteiger partial charge in [-0.15, -0.1) is 0 Å². The zero-order chi connectivity index (χ0) is 9.07. The van der Waals surface area contributed by atoms with Gasteiger partial charge in [0.2, 0.25) is 0 Å². The first-order valence-electron chi connectivity index (χ1n) is 3.88. The van der Waals surface area contributed by atoms with Gasteiger partial charge in [0.25, 0.3) is 0 Å². The van der Waals surface area contributed by atoms with Crippen LogP contribution in [0.2, 0.25) is 0 Å². The molecule has 0 aromatic rings. The van der Waals surface area contributed by atoms with Gasteiger partial charge in [-0.3, -0.25) is 0 Å². The molecule has 0 unspecified atom stereocenters. The van der Waals surface area contributed by atoms with Crippen LogP contribution in [-0.4, -0.2) is 45.9 Å². The van der Waals surface area contributed by atoms with Crippen molar-refractivity contribution in [3.63, 3.8) is 0 Å². The summed E-state index contributed by atoms with van der Waals surface area (Å²) < 4.78 is 15.2. The molecule has 0 aromatic carbocycles.